The highest BCUT2D eigenvalue weighted by Crippen LogP contribution is 2.30. The molecule has 0 aromatic carbocycles. The Kier molecular flexibility index (Phi) is 5.29. The number of ether oxygens (including phenoxy) is 1. The van der Waals surface area contributed by atoms with E-state index in [1.807, 2.05) is 0 Å². The molecule has 1 rings (SSSR count). The van der Waals surface area contributed by atoms with Crippen LogP contribution in [-0.4, -0.2) is 28.5 Å². The van der Waals surface area contributed by atoms with E-state index in [-0.39, 0.29) is 17.4 Å². The molecule has 1 aromatic heterocycles. The summed E-state index contributed by atoms with van der Waals surface area (Å²) in [6.07, 6.45) is 3.24. The van der Waals surface area contributed by atoms with Gasteiger partial charge >= 0.3 is 5.69 Å². The van der Waals surface area contributed by atoms with Crippen molar-refractivity contribution in [3.8, 4) is 5.88 Å². The average Bonchev–Trinajstić information content (AvgIpc) is 2.33. The van der Waals surface area contributed by atoms with Crippen LogP contribution in [0.2, 0.25) is 0 Å². The number of anilines is 1. The molecular formula is C11H18N4O3. The topological polar surface area (TPSA) is 90.2 Å². The Morgan fingerprint density at radius 1 is 1.50 bits per heavy atom. The first-order chi connectivity index (χ1) is 8.56. The fourth-order valence-electron chi connectivity index (χ4n) is 1.52. The van der Waals surface area contributed by atoms with Gasteiger partial charge in [-0.15, -0.1) is 0 Å². The summed E-state index contributed by atoms with van der Waals surface area (Å²) >= 11 is 0. The van der Waals surface area contributed by atoms with Gasteiger partial charge < -0.3 is 10.1 Å². The molecule has 0 radical (unpaired) electrons. The number of nitrogens with one attached hydrogen (secondary N) is 1. The summed E-state index contributed by atoms with van der Waals surface area (Å²) in [5, 5.41) is 13.9. The maximum Gasteiger partial charge on any atom is 0.372 e. The molecule has 0 fully saturated rings. The number of hydrogen-bond donors (Lipinski definition) is 1. The second-order valence-electron chi connectivity index (χ2n) is 4.30. The van der Waals surface area contributed by atoms with Crippen LogP contribution in [0.15, 0.2) is 6.33 Å². The second-order valence-corrected chi connectivity index (χ2v) is 4.30. The van der Waals surface area contributed by atoms with Crippen LogP contribution in [0.1, 0.15) is 26.7 Å². The third-order valence-corrected chi connectivity index (χ3v) is 2.42. The molecule has 0 aliphatic heterocycles. The van der Waals surface area contributed by atoms with Crippen LogP contribution < -0.4 is 10.1 Å². The van der Waals surface area contributed by atoms with E-state index in [9.17, 15) is 10.1 Å². The van der Waals surface area contributed by atoms with E-state index in [1.54, 1.807) is 0 Å². The van der Waals surface area contributed by atoms with E-state index >= 15 is 0 Å². The molecule has 0 unspecified atom stereocenters. The first-order valence-corrected chi connectivity index (χ1v) is 5.83. The lowest BCUT2D eigenvalue weighted by atomic mass is 10.1. The van der Waals surface area contributed by atoms with Crippen LogP contribution in [0.5, 0.6) is 5.88 Å². The minimum Gasteiger partial charge on any atom is -0.476 e. The fraction of sp³-hybridized carbons (Fsp3) is 0.636. The summed E-state index contributed by atoms with van der Waals surface area (Å²) in [5.41, 5.74) is -0.218. The number of rotatable bonds is 7. The zero-order valence-electron chi connectivity index (χ0n) is 10.8. The summed E-state index contributed by atoms with van der Waals surface area (Å²) in [6.45, 7) is 4.91. The summed E-state index contributed by atoms with van der Waals surface area (Å²) in [6, 6.07) is 0. The molecule has 0 bridgehead atoms. The summed E-state index contributed by atoms with van der Waals surface area (Å²) in [5.74, 6) is 0.790. The Morgan fingerprint density at radius 3 is 2.78 bits per heavy atom. The Hall–Kier alpha value is -1.92. The van der Waals surface area contributed by atoms with E-state index in [0.29, 0.717) is 12.5 Å². The summed E-state index contributed by atoms with van der Waals surface area (Å²) in [4.78, 5) is 18.0. The number of hydrogen-bond acceptors (Lipinski definition) is 6. The quantitative estimate of drug-likeness (QED) is 0.456. The molecule has 0 saturated heterocycles. The maximum atomic E-state index is 10.9. The Balaban J connectivity index is 2.72. The zero-order valence-corrected chi connectivity index (χ0v) is 10.8. The first-order valence-electron chi connectivity index (χ1n) is 5.83. The molecule has 0 atom stereocenters. The van der Waals surface area contributed by atoms with E-state index in [1.165, 1.54) is 13.4 Å². The van der Waals surface area contributed by atoms with Crippen molar-refractivity contribution >= 4 is 11.5 Å². The molecule has 1 aromatic rings. The van der Waals surface area contributed by atoms with Crippen LogP contribution >= 0.6 is 0 Å². The Morgan fingerprint density at radius 2 is 2.22 bits per heavy atom. The first kappa shape index (κ1) is 14.1. The van der Waals surface area contributed by atoms with Crippen molar-refractivity contribution in [3.63, 3.8) is 0 Å². The highest BCUT2D eigenvalue weighted by atomic mass is 16.6. The van der Waals surface area contributed by atoms with Crippen molar-refractivity contribution in [2.75, 3.05) is 19.0 Å². The van der Waals surface area contributed by atoms with Gasteiger partial charge in [-0.1, -0.05) is 13.8 Å². The van der Waals surface area contributed by atoms with E-state index < -0.39 is 4.92 Å². The molecular weight excluding hydrogens is 236 g/mol. The smallest absolute Gasteiger partial charge is 0.372 e. The van der Waals surface area contributed by atoms with Crippen molar-refractivity contribution in [3.05, 3.63) is 16.4 Å². The largest absolute Gasteiger partial charge is 0.476 e. The van der Waals surface area contributed by atoms with Crippen molar-refractivity contribution in [1.82, 2.24) is 9.97 Å². The molecule has 1 N–H and O–H groups in total. The van der Waals surface area contributed by atoms with Gasteiger partial charge in [0.15, 0.2) is 0 Å². The van der Waals surface area contributed by atoms with Crippen molar-refractivity contribution < 1.29 is 9.66 Å². The Bertz CT molecular complexity index is 409. The third-order valence-electron chi connectivity index (χ3n) is 2.42. The van der Waals surface area contributed by atoms with Crippen LogP contribution in [0.25, 0.3) is 0 Å². The van der Waals surface area contributed by atoms with Crippen molar-refractivity contribution in [2.45, 2.75) is 26.7 Å². The molecule has 18 heavy (non-hydrogen) atoms. The molecule has 1 heterocycles. The third kappa shape index (κ3) is 3.83. The monoisotopic (exact) mass is 254 g/mol. The van der Waals surface area contributed by atoms with Crippen molar-refractivity contribution in [1.29, 1.82) is 0 Å². The highest BCUT2D eigenvalue weighted by molar-refractivity contribution is 5.60. The molecule has 100 valence electrons. The van der Waals surface area contributed by atoms with E-state index in [2.05, 4.69) is 29.1 Å². The second kappa shape index (κ2) is 6.73. The lowest BCUT2D eigenvalue weighted by Crippen LogP contribution is -2.08. The van der Waals surface area contributed by atoms with Gasteiger partial charge in [0.05, 0.1) is 12.0 Å². The van der Waals surface area contributed by atoms with Crippen LogP contribution in [-0.2, 0) is 0 Å². The van der Waals surface area contributed by atoms with Crippen LogP contribution in [0.3, 0.4) is 0 Å². The van der Waals surface area contributed by atoms with Gasteiger partial charge in [-0.25, -0.2) is 4.98 Å². The molecule has 0 saturated carbocycles. The van der Waals surface area contributed by atoms with Gasteiger partial charge in [-0.05, 0) is 18.8 Å². The number of nitro groups is 1. The molecule has 0 aliphatic rings. The average molecular weight is 254 g/mol. The maximum absolute atomic E-state index is 10.9. The number of aromatic nitrogens is 2. The molecule has 0 amide bonds. The molecule has 0 aliphatic carbocycles. The fourth-order valence-corrected chi connectivity index (χ4v) is 1.52. The van der Waals surface area contributed by atoms with Crippen LogP contribution in [0.4, 0.5) is 11.5 Å². The summed E-state index contributed by atoms with van der Waals surface area (Å²) < 4.78 is 4.86. The van der Waals surface area contributed by atoms with Gasteiger partial charge in [0.1, 0.15) is 6.33 Å². The minimum absolute atomic E-state index is 0.0265. The van der Waals surface area contributed by atoms with Gasteiger partial charge in [-0.3, -0.25) is 10.1 Å². The number of methoxy groups -OCH3 is 1. The summed E-state index contributed by atoms with van der Waals surface area (Å²) in [7, 11) is 1.35. The molecule has 0 spiro atoms. The van der Waals surface area contributed by atoms with Crippen molar-refractivity contribution in [2.24, 2.45) is 5.92 Å². The predicted octanol–water partition coefficient (Wildman–Crippen LogP) is 2.24. The standard InChI is InChI=1S/C11H18N4O3/c1-8(2)5-4-6-12-10-9(15(16)17)11(18-3)14-7-13-10/h7-8H,4-6H2,1-3H3,(H,12,13,14). The SMILES string of the molecule is COc1ncnc(NCCCC(C)C)c1[N+](=O)[O-]. The van der Waals surface area contributed by atoms with Gasteiger partial charge in [0, 0.05) is 6.54 Å². The lowest BCUT2D eigenvalue weighted by Gasteiger charge is -2.08. The molecule has 7 heteroatoms. The Labute approximate surface area is 106 Å². The van der Waals surface area contributed by atoms with Gasteiger partial charge in [0.2, 0.25) is 5.82 Å². The highest BCUT2D eigenvalue weighted by Gasteiger charge is 2.23. The minimum atomic E-state index is -0.538. The predicted molar refractivity (Wildman–Crippen MR) is 67.8 cm³/mol. The van der Waals surface area contributed by atoms with Crippen LogP contribution in [0, 0.1) is 16.0 Å². The van der Waals surface area contributed by atoms with Gasteiger partial charge in [-0.2, -0.15) is 4.98 Å². The van der Waals surface area contributed by atoms with Gasteiger partial charge in [0.25, 0.3) is 5.88 Å². The van der Waals surface area contributed by atoms with E-state index in [0.717, 1.165) is 12.8 Å². The number of nitrogens with zero attached hydrogens (tertiary/aromatic N) is 3. The lowest BCUT2D eigenvalue weighted by molar-refractivity contribution is -0.385. The normalized spacial score (nSPS) is 10.4. The van der Waals surface area contributed by atoms with E-state index in [4.69, 9.17) is 4.74 Å². The zero-order chi connectivity index (χ0) is 13.5. The molecule has 7 nitrogen and oxygen atoms in total.